The Morgan fingerprint density at radius 1 is 1.29 bits per heavy atom. The molecule has 0 aliphatic carbocycles. The summed E-state index contributed by atoms with van der Waals surface area (Å²) >= 11 is 6.27. The summed E-state index contributed by atoms with van der Waals surface area (Å²) < 4.78 is 10.5. The first-order valence-electron chi connectivity index (χ1n) is 5.49. The predicted molar refractivity (Wildman–Crippen MR) is 71.3 cm³/mol. The Morgan fingerprint density at radius 2 is 1.88 bits per heavy atom. The lowest BCUT2D eigenvalue weighted by Gasteiger charge is -2.22. The van der Waals surface area contributed by atoms with Gasteiger partial charge in [0.15, 0.2) is 11.5 Å². The number of rotatable bonds is 4. The minimum absolute atomic E-state index is 0.284. The van der Waals surface area contributed by atoms with E-state index in [1.165, 1.54) is 0 Å². The Kier molecular flexibility index (Phi) is 4.28. The Labute approximate surface area is 108 Å². The number of benzene rings is 1. The van der Waals surface area contributed by atoms with Gasteiger partial charge >= 0.3 is 0 Å². The van der Waals surface area contributed by atoms with Crippen LogP contribution < -0.4 is 15.2 Å². The summed E-state index contributed by atoms with van der Waals surface area (Å²) in [4.78, 5) is 0. The van der Waals surface area contributed by atoms with Crippen molar-refractivity contribution in [1.29, 1.82) is 0 Å². The van der Waals surface area contributed by atoms with Gasteiger partial charge in [0.2, 0.25) is 0 Å². The van der Waals surface area contributed by atoms with Crippen molar-refractivity contribution < 1.29 is 9.47 Å². The number of nitrogens with two attached hydrogens (primary N) is 1. The van der Waals surface area contributed by atoms with E-state index in [0.717, 1.165) is 17.5 Å². The zero-order valence-electron chi connectivity index (χ0n) is 11.1. The minimum atomic E-state index is -0.284. The molecule has 0 unspecified atom stereocenters. The van der Waals surface area contributed by atoms with Gasteiger partial charge in [0.25, 0.3) is 0 Å². The molecule has 1 rings (SSSR count). The van der Waals surface area contributed by atoms with Crippen LogP contribution in [0.4, 0.5) is 0 Å². The zero-order chi connectivity index (χ0) is 13.2. The highest BCUT2D eigenvalue weighted by molar-refractivity contribution is 6.33. The second kappa shape index (κ2) is 5.15. The maximum absolute atomic E-state index is 6.27. The summed E-state index contributed by atoms with van der Waals surface area (Å²) in [5, 5.41) is 0.589. The summed E-state index contributed by atoms with van der Waals surface area (Å²) in [5.74, 6) is 1.22. The molecule has 0 amide bonds. The van der Waals surface area contributed by atoms with Crippen molar-refractivity contribution in [3.63, 3.8) is 0 Å². The van der Waals surface area contributed by atoms with Crippen molar-refractivity contribution in [3.8, 4) is 11.5 Å². The van der Waals surface area contributed by atoms with Crippen molar-refractivity contribution in [3.05, 3.63) is 22.2 Å². The fraction of sp³-hybridized carbons (Fsp3) is 0.538. The number of hydrogen-bond donors (Lipinski definition) is 1. The van der Waals surface area contributed by atoms with E-state index in [1.54, 1.807) is 14.2 Å². The Hall–Kier alpha value is -0.930. The number of halogens is 1. The lowest BCUT2D eigenvalue weighted by atomic mass is 9.93. The molecule has 3 nitrogen and oxygen atoms in total. The molecule has 0 bridgehead atoms. The highest BCUT2D eigenvalue weighted by Crippen LogP contribution is 2.39. The second-order valence-electron chi connectivity index (χ2n) is 4.88. The van der Waals surface area contributed by atoms with E-state index in [2.05, 4.69) is 0 Å². The molecule has 1 aromatic rings. The van der Waals surface area contributed by atoms with Crippen LogP contribution in [0.1, 0.15) is 25.0 Å². The average molecular weight is 258 g/mol. The van der Waals surface area contributed by atoms with Gasteiger partial charge < -0.3 is 15.2 Å². The molecule has 0 saturated carbocycles. The monoisotopic (exact) mass is 257 g/mol. The molecule has 0 spiro atoms. The van der Waals surface area contributed by atoms with Gasteiger partial charge in [-0.15, -0.1) is 0 Å². The molecule has 0 atom stereocenters. The van der Waals surface area contributed by atoms with Crippen LogP contribution in [-0.2, 0) is 6.42 Å². The van der Waals surface area contributed by atoms with Crippen molar-refractivity contribution >= 4 is 11.6 Å². The third-order valence-corrected chi connectivity index (χ3v) is 3.06. The van der Waals surface area contributed by atoms with Crippen LogP contribution in [-0.4, -0.2) is 19.8 Å². The molecule has 0 aliphatic rings. The van der Waals surface area contributed by atoms with Gasteiger partial charge in [0.1, 0.15) is 0 Å². The van der Waals surface area contributed by atoms with E-state index < -0.39 is 0 Å². The van der Waals surface area contributed by atoms with E-state index >= 15 is 0 Å². The topological polar surface area (TPSA) is 44.5 Å². The van der Waals surface area contributed by atoms with Crippen LogP contribution in [0.3, 0.4) is 0 Å². The van der Waals surface area contributed by atoms with Gasteiger partial charge in [-0.1, -0.05) is 11.6 Å². The lowest BCUT2D eigenvalue weighted by Crippen LogP contribution is -2.34. The fourth-order valence-electron chi connectivity index (χ4n) is 1.77. The van der Waals surface area contributed by atoms with E-state index in [9.17, 15) is 0 Å². The maximum Gasteiger partial charge on any atom is 0.179 e. The SMILES string of the molecule is COc1cc(CC(C)(C)N)c(C)c(Cl)c1OC. The zero-order valence-corrected chi connectivity index (χ0v) is 11.8. The normalized spacial score (nSPS) is 11.5. The van der Waals surface area contributed by atoms with Gasteiger partial charge in [0, 0.05) is 5.54 Å². The first-order valence-corrected chi connectivity index (χ1v) is 5.86. The maximum atomic E-state index is 6.27. The van der Waals surface area contributed by atoms with Crippen molar-refractivity contribution in [1.82, 2.24) is 0 Å². The van der Waals surface area contributed by atoms with E-state index in [4.69, 9.17) is 26.8 Å². The van der Waals surface area contributed by atoms with Crippen LogP contribution in [0.25, 0.3) is 0 Å². The summed E-state index contributed by atoms with van der Waals surface area (Å²) in [6, 6.07) is 1.94. The number of hydrogen-bond acceptors (Lipinski definition) is 3. The van der Waals surface area contributed by atoms with Crippen LogP contribution in [0, 0.1) is 6.92 Å². The minimum Gasteiger partial charge on any atom is -0.493 e. The van der Waals surface area contributed by atoms with Gasteiger partial charge in [-0.2, -0.15) is 0 Å². The van der Waals surface area contributed by atoms with Crippen LogP contribution in [0.2, 0.25) is 5.02 Å². The molecule has 0 fully saturated rings. The molecular formula is C13H20ClNO2. The van der Waals surface area contributed by atoms with Crippen LogP contribution in [0.15, 0.2) is 6.07 Å². The summed E-state index contributed by atoms with van der Waals surface area (Å²) in [6.07, 6.45) is 0.735. The number of methoxy groups -OCH3 is 2. The smallest absolute Gasteiger partial charge is 0.179 e. The molecule has 0 aliphatic heterocycles. The van der Waals surface area contributed by atoms with Crippen molar-refractivity contribution in [2.24, 2.45) is 5.73 Å². The standard InChI is InChI=1S/C13H20ClNO2/c1-8-9(7-13(2,3)15)6-10(16-4)12(17-5)11(8)14/h6H,7,15H2,1-5H3. The molecule has 0 aromatic heterocycles. The van der Waals surface area contributed by atoms with E-state index in [-0.39, 0.29) is 5.54 Å². The summed E-state index contributed by atoms with van der Waals surface area (Å²) in [5.41, 5.74) is 7.82. The third-order valence-electron chi connectivity index (χ3n) is 2.61. The first-order chi connectivity index (χ1) is 7.80. The molecule has 0 radical (unpaired) electrons. The van der Waals surface area contributed by atoms with Crippen LogP contribution in [0.5, 0.6) is 11.5 Å². The quantitative estimate of drug-likeness (QED) is 0.902. The molecule has 2 N–H and O–H groups in total. The molecular weight excluding hydrogens is 238 g/mol. The molecule has 1 aromatic carbocycles. The van der Waals surface area contributed by atoms with Gasteiger partial charge in [-0.25, -0.2) is 0 Å². The van der Waals surface area contributed by atoms with Crippen molar-refractivity contribution in [2.45, 2.75) is 32.7 Å². The largest absolute Gasteiger partial charge is 0.493 e. The lowest BCUT2D eigenvalue weighted by molar-refractivity contribution is 0.354. The van der Waals surface area contributed by atoms with E-state index in [0.29, 0.717) is 16.5 Å². The summed E-state index contributed by atoms with van der Waals surface area (Å²) in [7, 11) is 3.18. The Morgan fingerprint density at radius 3 is 2.29 bits per heavy atom. The molecule has 17 heavy (non-hydrogen) atoms. The average Bonchev–Trinajstić information content (AvgIpc) is 2.22. The highest BCUT2D eigenvalue weighted by atomic mass is 35.5. The van der Waals surface area contributed by atoms with Crippen molar-refractivity contribution in [2.75, 3.05) is 14.2 Å². The first kappa shape index (κ1) is 14.1. The number of ether oxygens (including phenoxy) is 2. The van der Waals surface area contributed by atoms with E-state index in [1.807, 2.05) is 26.8 Å². The highest BCUT2D eigenvalue weighted by Gasteiger charge is 2.19. The van der Waals surface area contributed by atoms with Gasteiger partial charge in [-0.3, -0.25) is 0 Å². The Balaban J connectivity index is 3.29. The molecule has 0 heterocycles. The molecule has 4 heteroatoms. The van der Waals surface area contributed by atoms with Gasteiger partial charge in [0.05, 0.1) is 19.2 Å². The second-order valence-corrected chi connectivity index (χ2v) is 5.25. The Bertz CT molecular complexity index is 411. The molecule has 96 valence electrons. The third kappa shape index (κ3) is 3.27. The predicted octanol–water partition coefficient (Wildman–Crippen LogP) is 2.95. The fourth-order valence-corrected chi connectivity index (χ4v) is 2.06. The molecule has 0 saturated heterocycles. The van der Waals surface area contributed by atoms with Gasteiger partial charge in [-0.05, 0) is 44.4 Å². The van der Waals surface area contributed by atoms with Crippen LogP contribution >= 0.6 is 11.6 Å². The summed E-state index contributed by atoms with van der Waals surface area (Å²) in [6.45, 7) is 5.93.